The van der Waals surface area contributed by atoms with Crippen molar-refractivity contribution in [2.24, 2.45) is 23.7 Å². The Bertz CT molecular complexity index is 232. The van der Waals surface area contributed by atoms with Gasteiger partial charge in [-0.05, 0) is 30.1 Å². The molecule has 2 bridgehead atoms. The second kappa shape index (κ2) is 4.54. The van der Waals surface area contributed by atoms with Crippen LogP contribution in [0.4, 0.5) is 0 Å². The van der Waals surface area contributed by atoms with Crippen molar-refractivity contribution in [2.45, 2.75) is 17.7 Å². The molecule has 0 radical (unpaired) electrons. The fourth-order valence-corrected chi connectivity index (χ4v) is 5.50. The number of ketones is 1. The summed E-state index contributed by atoms with van der Waals surface area (Å²) in [6, 6.07) is 0. The zero-order valence-corrected chi connectivity index (χ0v) is 12.5. The van der Waals surface area contributed by atoms with Crippen molar-refractivity contribution < 1.29 is 4.79 Å². The topological polar surface area (TPSA) is 17.1 Å². The lowest BCUT2D eigenvalue weighted by Gasteiger charge is -2.49. The van der Waals surface area contributed by atoms with Crippen LogP contribution in [0.2, 0.25) is 0 Å². The number of hydrogen-bond donors (Lipinski definition) is 0. The van der Waals surface area contributed by atoms with Crippen molar-refractivity contribution >= 4 is 53.6 Å². The molecule has 80 valence electrons. The number of fused-ring (bicyclic) bond motifs is 3. The molecule has 0 spiro atoms. The van der Waals surface area contributed by atoms with Gasteiger partial charge in [0.15, 0.2) is 0 Å². The molecule has 0 amide bonds. The van der Waals surface area contributed by atoms with Gasteiger partial charge in [-0.25, -0.2) is 0 Å². The predicted octanol–water partition coefficient (Wildman–Crippen LogP) is 3.38. The summed E-state index contributed by atoms with van der Waals surface area (Å²) in [5.41, 5.74) is 0. The molecule has 1 nitrogen and oxygen atoms in total. The third-order valence-electron chi connectivity index (χ3n) is 3.82. The van der Waals surface area contributed by atoms with Crippen LogP contribution in [0, 0.1) is 23.7 Å². The zero-order valence-electron chi connectivity index (χ0n) is 7.76. The molecular weight excluding hydrogens is 376 g/mol. The first kappa shape index (κ1) is 11.6. The molecule has 3 rings (SSSR count). The summed E-state index contributed by atoms with van der Waals surface area (Å²) < 4.78 is 0. The second-order valence-corrected chi connectivity index (χ2v) is 6.74. The van der Waals surface area contributed by atoms with E-state index in [4.69, 9.17) is 0 Å². The monoisotopic (exact) mass is 386 g/mol. The standard InChI is InChI=1S/C10H13Br3O/c11-3-7-5-1-9(13)10(14)2-6(7)8(5)4-12/h5-9H,1-4H2/t5?,6?,7-,8+,9-/m0/s1. The molecule has 0 aromatic carbocycles. The molecule has 3 fully saturated rings. The van der Waals surface area contributed by atoms with E-state index in [1.54, 1.807) is 0 Å². The van der Waals surface area contributed by atoms with E-state index >= 15 is 0 Å². The van der Waals surface area contributed by atoms with Gasteiger partial charge in [0.1, 0.15) is 5.78 Å². The number of halogens is 3. The molecular formula is C10H13Br3O. The van der Waals surface area contributed by atoms with Gasteiger partial charge >= 0.3 is 0 Å². The molecule has 3 aliphatic carbocycles. The largest absolute Gasteiger partial charge is 0.298 e. The lowest BCUT2D eigenvalue weighted by Crippen LogP contribution is -2.47. The highest BCUT2D eigenvalue weighted by Crippen LogP contribution is 2.54. The first-order valence-electron chi connectivity index (χ1n) is 4.97. The van der Waals surface area contributed by atoms with E-state index in [-0.39, 0.29) is 4.83 Å². The summed E-state index contributed by atoms with van der Waals surface area (Å²) in [5.74, 6) is 3.21. The van der Waals surface area contributed by atoms with Gasteiger partial charge in [0.25, 0.3) is 0 Å². The molecule has 14 heavy (non-hydrogen) atoms. The Balaban J connectivity index is 2.16. The summed E-state index contributed by atoms with van der Waals surface area (Å²) in [4.78, 5) is 11.8. The number of carbonyl (C=O) groups excluding carboxylic acids is 1. The molecule has 0 N–H and O–H groups in total. The molecule has 0 aromatic rings. The molecule has 0 aliphatic heterocycles. The maximum absolute atomic E-state index is 11.7. The molecule has 2 unspecified atom stereocenters. The number of hydrogen-bond acceptors (Lipinski definition) is 1. The summed E-state index contributed by atoms with van der Waals surface area (Å²) in [6.45, 7) is 0. The van der Waals surface area contributed by atoms with E-state index < -0.39 is 0 Å². The normalized spacial score (nSPS) is 47.1. The van der Waals surface area contributed by atoms with Gasteiger partial charge in [-0.2, -0.15) is 0 Å². The molecule has 3 saturated carbocycles. The van der Waals surface area contributed by atoms with Crippen LogP contribution in [0.15, 0.2) is 0 Å². The Kier molecular flexibility index (Phi) is 3.76. The maximum Gasteiger partial charge on any atom is 0.146 e. The average Bonchev–Trinajstić information content (AvgIpc) is 2.35. The van der Waals surface area contributed by atoms with E-state index in [0.29, 0.717) is 11.7 Å². The third-order valence-corrected chi connectivity index (χ3v) is 6.20. The van der Waals surface area contributed by atoms with Crippen LogP contribution < -0.4 is 0 Å². The Labute approximate surface area is 110 Å². The van der Waals surface area contributed by atoms with E-state index in [1.165, 1.54) is 0 Å². The molecule has 3 aliphatic rings. The van der Waals surface area contributed by atoms with Crippen LogP contribution in [0.1, 0.15) is 12.8 Å². The quantitative estimate of drug-likeness (QED) is 0.663. The Morgan fingerprint density at radius 1 is 1.14 bits per heavy atom. The van der Waals surface area contributed by atoms with Gasteiger partial charge in [0, 0.05) is 17.1 Å². The summed E-state index contributed by atoms with van der Waals surface area (Å²) in [5, 5.41) is 2.11. The van der Waals surface area contributed by atoms with Crippen LogP contribution in [-0.2, 0) is 4.79 Å². The Morgan fingerprint density at radius 3 is 2.21 bits per heavy atom. The Morgan fingerprint density at radius 2 is 1.71 bits per heavy atom. The fourth-order valence-electron chi connectivity index (χ4n) is 2.97. The van der Waals surface area contributed by atoms with Crippen LogP contribution in [0.25, 0.3) is 0 Å². The van der Waals surface area contributed by atoms with E-state index in [1.807, 2.05) is 0 Å². The van der Waals surface area contributed by atoms with Crippen molar-refractivity contribution in [3.05, 3.63) is 0 Å². The molecule has 4 heteroatoms. The van der Waals surface area contributed by atoms with Gasteiger partial charge in [0.2, 0.25) is 0 Å². The van der Waals surface area contributed by atoms with Crippen molar-refractivity contribution in [1.29, 1.82) is 0 Å². The van der Waals surface area contributed by atoms with Gasteiger partial charge in [-0.15, -0.1) is 0 Å². The molecule has 0 heterocycles. The average molecular weight is 389 g/mol. The number of rotatable bonds is 2. The van der Waals surface area contributed by atoms with Crippen LogP contribution in [0.3, 0.4) is 0 Å². The van der Waals surface area contributed by atoms with Crippen LogP contribution in [0.5, 0.6) is 0 Å². The van der Waals surface area contributed by atoms with Crippen molar-refractivity contribution in [1.82, 2.24) is 0 Å². The van der Waals surface area contributed by atoms with Gasteiger partial charge in [0.05, 0.1) is 4.83 Å². The summed E-state index contributed by atoms with van der Waals surface area (Å²) in [7, 11) is 0. The SMILES string of the molecule is O=C1CC2[C@@H](CBr)C(C[C@@H]1Br)[C@H]2CBr. The predicted molar refractivity (Wildman–Crippen MR) is 68.5 cm³/mol. The van der Waals surface area contributed by atoms with E-state index in [9.17, 15) is 4.79 Å². The first-order valence-corrected chi connectivity index (χ1v) is 8.13. The van der Waals surface area contributed by atoms with Gasteiger partial charge in [-0.3, -0.25) is 4.79 Å². The van der Waals surface area contributed by atoms with Crippen LogP contribution >= 0.6 is 47.8 Å². The minimum Gasteiger partial charge on any atom is -0.298 e. The van der Waals surface area contributed by atoms with Crippen LogP contribution in [-0.4, -0.2) is 21.3 Å². The number of alkyl halides is 3. The highest BCUT2D eigenvalue weighted by molar-refractivity contribution is 9.10. The molecule has 0 aromatic heterocycles. The zero-order chi connectivity index (χ0) is 10.3. The van der Waals surface area contributed by atoms with E-state index in [2.05, 4.69) is 47.8 Å². The highest BCUT2D eigenvalue weighted by atomic mass is 79.9. The van der Waals surface area contributed by atoms with E-state index in [0.717, 1.165) is 41.3 Å². The van der Waals surface area contributed by atoms with Crippen molar-refractivity contribution in [2.75, 3.05) is 10.7 Å². The van der Waals surface area contributed by atoms with Crippen molar-refractivity contribution in [3.8, 4) is 0 Å². The lowest BCUT2D eigenvalue weighted by atomic mass is 9.57. The maximum atomic E-state index is 11.7. The summed E-state index contributed by atoms with van der Waals surface area (Å²) >= 11 is 10.6. The van der Waals surface area contributed by atoms with Gasteiger partial charge in [-0.1, -0.05) is 47.8 Å². The first-order chi connectivity index (χ1) is 6.69. The molecule has 5 atom stereocenters. The minimum atomic E-state index is 0.114. The van der Waals surface area contributed by atoms with Crippen molar-refractivity contribution in [3.63, 3.8) is 0 Å². The summed E-state index contributed by atoms with van der Waals surface area (Å²) in [6.07, 6.45) is 1.81. The Hall–Kier alpha value is 1.11. The number of carbonyl (C=O) groups is 1. The fraction of sp³-hybridized carbons (Fsp3) is 0.900. The smallest absolute Gasteiger partial charge is 0.146 e. The highest BCUT2D eigenvalue weighted by Gasteiger charge is 2.52. The minimum absolute atomic E-state index is 0.114. The molecule has 0 saturated heterocycles. The van der Waals surface area contributed by atoms with Gasteiger partial charge < -0.3 is 0 Å². The number of Topliss-reactive ketones (excluding diaryl/α,β-unsaturated/α-hetero) is 1. The second-order valence-electron chi connectivity index (χ2n) is 4.34. The third kappa shape index (κ3) is 1.75. The lowest BCUT2D eigenvalue weighted by molar-refractivity contribution is -0.119.